The number of benzene rings is 1. The molecule has 0 atom stereocenters. The highest BCUT2D eigenvalue weighted by Gasteiger charge is 2.53. The number of nitrogens with one attached hydrogen (secondary N) is 1. The minimum atomic E-state index is -0.463. The molecule has 0 saturated carbocycles. The summed E-state index contributed by atoms with van der Waals surface area (Å²) in [6, 6.07) is 4.06. The van der Waals surface area contributed by atoms with Crippen LogP contribution in [0, 0.1) is 0 Å². The summed E-state index contributed by atoms with van der Waals surface area (Å²) in [5, 5.41) is 0. The molecule has 3 rings (SSSR count). The lowest BCUT2D eigenvalue weighted by Gasteiger charge is -2.32. The van der Waals surface area contributed by atoms with Crippen LogP contribution in [0.1, 0.15) is 48.5 Å². The van der Waals surface area contributed by atoms with Crippen molar-refractivity contribution in [2.45, 2.75) is 70.1 Å². The van der Waals surface area contributed by atoms with Crippen molar-refractivity contribution < 1.29 is 18.8 Å². The molecule has 5 nitrogen and oxygen atoms in total. The van der Waals surface area contributed by atoms with E-state index >= 15 is 0 Å². The van der Waals surface area contributed by atoms with Crippen molar-refractivity contribution in [3.8, 4) is 11.5 Å². The zero-order valence-corrected chi connectivity index (χ0v) is 17.0. The van der Waals surface area contributed by atoms with Gasteiger partial charge in [-0.05, 0) is 66.5 Å². The fraction of sp³-hybridized carbons (Fsp3) is 0.667. The molecule has 138 valence electrons. The Morgan fingerprint density at radius 1 is 0.960 bits per heavy atom. The summed E-state index contributed by atoms with van der Waals surface area (Å²) < 4.78 is 27.7. The Morgan fingerprint density at radius 2 is 1.52 bits per heavy atom. The highest BCUT2D eigenvalue weighted by atomic mass is 32.2. The van der Waals surface area contributed by atoms with E-state index in [9.17, 15) is 0 Å². The Balaban J connectivity index is 1.92. The van der Waals surface area contributed by atoms with Gasteiger partial charge >= 0.3 is 7.12 Å². The number of hydrogen-bond donors (Lipinski definition) is 1. The fourth-order valence-electron chi connectivity index (χ4n) is 2.58. The van der Waals surface area contributed by atoms with E-state index in [2.05, 4.69) is 25.5 Å². The topological polar surface area (TPSA) is 49.0 Å². The maximum absolute atomic E-state index is 6.19. The number of hydrogen-bond acceptors (Lipinski definition) is 6. The third-order valence-corrected chi connectivity index (χ3v) is 5.91. The van der Waals surface area contributed by atoms with Crippen LogP contribution in [0.3, 0.4) is 0 Å². The summed E-state index contributed by atoms with van der Waals surface area (Å²) in [7, 11) is -0.463. The molecule has 0 amide bonds. The highest BCUT2D eigenvalue weighted by molar-refractivity contribution is 7.97. The van der Waals surface area contributed by atoms with Crippen molar-refractivity contribution >= 4 is 24.5 Å². The summed E-state index contributed by atoms with van der Waals surface area (Å²) in [4.78, 5) is 1.00. The second-order valence-electron chi connectivity index (χ2n) is 8.55. The summed E-state index contributed by atoms with van der Waals surface area (Å²) >= 11 is 1.56. The van der Waals surface area contributed by atoms with Gasteiger partial charge in [0.05, 0.1) is 16.1 Å². The first kappa shape index (κ1) is 18.9. The first-order valence-corrected chi connectivity index (χ1v) is 9.54. The SMILES string of the molecule is CC(C)(C)NSc1ccc(B2OC(C)(C)C(C)(C)O2)c2c1OCCO2. The van der Waals surface area contributed by atoms with Gasteiger partial charge in [0.1, 0.15) is 13.2 Å². The van der Waals surface area contributed by atoms with Crippen LogP contribution in [0.5, 0.6) is 11.5 Å². The second-order valence-corrected chi connectivity index (χ2v) is 9.40. The molecule has 25 heavy (non-hydrogen) atoms. The smallest absolute Gasteiger partial charge is 0.486 e. The van der Waals surface area contributed by atoms with Gasteiger partial charge in [-0.3, -0.25) is 4.72 Å². The van der Waals surface area contributed by atoms with Gasteiger partial charge in [-0.15, -0.1) is 0 Å². The predicted molar refractivity (Wildman–Crippen MR) is 102 cm³/mol. The van der Waals surface area contributed by atoms with E-state index in [1.807, 2.05) is 39.8 Å². The Bertz CT molecular complexity index is 641. The third kappa shape index (κ3) is 3.79. The molecule has 1 N–H and O–H groups in total. The Kier molecular flexibility index (Phi) is 4.82. The van der Waals surface area contributed by atoms with Crippen molar-refractivity contribution in [2.24, 2.45) is 0 Å². The lowest BCUT2D eigenvalue weighted by atomic mass is 9.78. The maximum atomic E-state index is 6.19. The summed E-state index contributed by atoms with van der Waals surface area (Å²) in [6.07, 6.45) is 0. The molecule has 0 aromatic heterocycles. The summed E-state index contributed by atoms with van der Waals surface area (Å²) in [5.41, 5.74) is 0.105. The van der Waals surface area contributed by atoms with E-state index in [4.69, 9.17) is 18.8 Å². The van der Waals surface area contributed by atoms with Crippen LogP contribution >= 0.6 is 11.9 Å². The minimum absolute atomic E-state index is 0.00251. The monoisotopic (exact) mass is 365 g/mol. The van der Waals surface area contributed by atoms with Crippen LogP contribution in [0.25, 0.3) is 0 Å². The molecular weight excluding hydrogens is 337 g/mol. The van der Waals surface area contributed by atoms with Gasteiger partial charge in [0, 0.05) is 11.0 Å². The van der Waals surface area contributed by atoms with E-state index in [1.54, 1.807) is 11.9 Å². The molecule has 1 aromatic carbocycles. The molecule has 1 saturated heterocycles. The van der Waals surface area contributed by atoms with Crippen LogP contribution in [-0.2, 0) is 9.31 Å². The Morgan fingerprint density at radius 3 is 2.08 bits per heavy atom. The standard InChI is InChI=1S/C18H28BNO4S/c1-16(2,3)20-25-13-9-8-12(14-15(13)22-11-10-21-14)19-23-17(4,5)18(6,7)24-19/h8-9,20H,10-11H2,1-7H3. The number of rotatable bonds is 3. The van der Waals surface area contributed by atoms with Gasteiger partial charge < -0.3 is 18.8 Å². The number of fused-ring (bicyclic) bond motifs is 1. The van der Waals surface area contributed by atoms with Crippen LogP contribution < -0.4 is 19.7 Å². The molecule has 0 aliphatic carbocycles. The molecule has 2 aliphatic rings. The van der Waals surface area contributed by atoms with Gasteiger partial charge in [0.25, 0.3) is 0 Å². The average molecular weight is 365 g/mol. The van der Waals surface area contributed by atoms with E-state index < -0.39 is 7.12 Å². The maximum Gasteiger partial charge on any atom is 0.498 e. The molecule has 0 unspecified atom stereocenters. The highest BCUT2D eigenvalue weighted by Crippen LogP contribution is 2.41. The third-order valence-electron chi connectivity index (χ3n) is 4.66. The predicted octanol–water partition coefficient (Wildman–Crippen LogP) is 3.15. The van der Waals surface area contributed by atoms with Crippen LogP contribution in [-0.4, -0.2) is 37.1 Å². The van der Waals surface area contributed by atoms with Crippen molar-refractivity contribution in [1.29, 1.82) is 0 Å². The van der Waals surface area contributed by atoms with Crippen molar-refractivity contribution in [3.63, 3.8) is 0 Å². The van der Waals surface area contributed by atoms with Crippen LogP contribution in [0.2, 0.25) is 0 Å². The summed E-state index contributed by atoms with van der Waals surface area (Å²) in [6.45, 7) is 15.7. The molecule has 2 heterocycles. The first-order chi connectivity index (χ1) is 11.5. The zero-order chi connectivity index (χ0) is 18.5. The Labute approximate surface area is 155 Å². The van der Waals surface area contributed by atoms with Crippen molar-refractivity contribution in [3.05, 3.63) is 12.1 Å². The molecule has 1 fully saturated rings. The van der Waals surface area contributed by atoms with Gasteiger partial charge in [0.15, 0.2) is 11.5 Å². The van der Waals surface area contributed by atoms with Gasteiger partial charge in [0.2, 0.25) is 0 Å². The van der Waals surface area contributed by atoms with Crippen molar-refractivity contribution in [2.75, 3.05) is 13.2 Å². The van der Waals surface area contributed by atoms with E-state index in [1.165, 1.54) is 0 Å². The zero-order valence-electron chi connectivity index (χ0n) is 16.2. The van der Waals surface area contributed by atoms with Gasteiger partial charge in [-0.25, -0.2) is 0 Å². The minimum Gasteiger partial charge on any atom is -0.486 e. The van der Waals surface area contributed by atoms with E-state index in [0.717, 1.165) is 21.9 Å². The van der Waals surface area contributed by atoms with Crippen LogP contribution in [0.15, 0.2) is 17.0 Å². The van der Waals surface area contributed by atoms with Gasteiger partial charge in [-0.1, -0.05) is 6.07 Å². The Hall–Kier alpha value is -0.885. The molecule has 1 aromatic rings. The second kappa shape index (κ2) is 6.37. The molecule has 0 radical (unpaired) electrons. The molecule has 2 aliphatic heterocycles. The molecule has 0 spiro atoms. The normalized spacial score (nSPS) is 21.5. The van der Waals surface area contributed by atoms with E-state index in [0.29, 0.717) is 13.2 Å². The molecule has 7 heteroatoms. The lowest BCUT2D eigenvalue weighted by molar-refractivity contribution is 0.00578. The van der Waals surface area contributed by atoms with Crippen LogP contribution in [0.4, 0.5) is 0 Å². The van der Waals surface area contributed by atoms with Gasteiger partial charge in [-0.2, -0.15) is 0 Å². The van der Waals surface area contributed by atoms with Crippen molar-refractivity contribution in [1.82, 2.24) is 4.72 Å². The molecule has 0 bridgehead atoms. The largest absolute Gasteiger partial charge is 0.498 e. The average Bonchev–Trinajstić information content (AvgIpc) is 2.72. The summed E-state index contributed by atoms with van der Waals surface area (Å²) in [5.74, 6) is 1.49. The van der Waals surface area contributed by atoms with E-state index in [-0.39, 0.29) is 16.7 Å². The fourth-order valence-corrected chi connectivity index (χ4v) is 3.37. The number of ether oxygens (including phenoxy) is 2. The lowest BCUT2D eigenvalue weighted by Crippen LogP contribution is -2.41. The molecular formula is C18H28BNO4S. The first-order valence-electron chi connectivity index (χ1n) is 8.72. The quantitative estimate of drug-likeness (QED) is 0.656.